The maximum Gasteiger partial charge on any atom is 0.434 e. The molecule has 0 aliphatic heterocycles. The number of esters is 1. The van der Waals surface area contributed by atoms with Crippen molar-refractivity contribution >= 4 is 29.2 Å². The van der Waals surface area contributed by atoms with Crippen LogP contribution in [0.3, 0.4) is 0 Å². The van der Waals surface area contributed by atoms with E-state index in [9.17, 15) is 22.4 Å². The molecule has 0 saturated carbocycles. The topological polar surface area (TPSA) is 44.1 Å². The number of aromatic nitrogens is 2. The highest BCUT2D eigenvalue weighted by Gasteiger charge is 2.39. The summed E-state index contributed by atoms with van der Waals surface area (Å²) in [5.41, 5.74) is -2.10. The van der Waals surface area contributed by atoms with Crippen molar-refractivity contribution in [1.82, 2.24) is 9.78 Å². The Labute approximate surface area is 143 Å². The zero-order valence-electron chi connectivity index (χ0n) is 11.9. The van der Waals surface area contributed by atoms with Crippen molar-refractivity contribution in [1.29, 1.82) is 0 Å². The number of benzene rings is 1. The maximum atomic E-state index is 14.5. The molecule has 0 fully saturated rings. The quantitative estimate of drug-likeness (QED) is 0.336. The number of alkyl halides is 3. The van der Waals surface area contributed by atoms with Crippen LogP contribution in [0.5, 0.6) is 5.75 Å². The molecule has 10 heteroatoms. The lowest BCUT2D eigenvalue weighted by Gasteiger charge is -2.09. The van der Waals surface area contributed by atoms with E-state index in [1.165, 1.54) is 0 Å². The first-order valence-electron chi connectivity index (χ1n) is 6.20. The minimum absolute atomic E-state index is 0.255. The van der Waals surface area contributed by atoms with Gasteiger partial charge >= 0.3 is 12.1 Å². The van der Waals surface area contributed by atoms with Crippen molar-refractivity contribution in [2.45, 2.75) is 6.18 Å². The zero-order valence-corrected chi connectivity index (χ0v) is 13.4. The molecule has 0 unspecified atom stereocenters. The lowest BCUT2D eigenvalue weighted by molar-refractivity contribution is -0.143. The van der Waals surface area contributed by atoms with Gasteiger partial charge in [-0.1, -0.05) is 29.8 Å². The molecule has 0 spiro atoms. The number of ether oxygens (including phenoxy) is 1. The first kappa shape index (κ1) is 18.3. The zero-order chi connectivity index (χ0) is 18.2. The van der Waals surface area contributed by atoms with Crippen LogP contribution in [-0.4, -0.2) is 15.7 Å². The molecule has 0 amide bonds. The molecule has 1 aromatic heterocycles. The maximum absolute atomic E-state index is 14.5. The van der Waals surface area contributed by atoms with E-state index >= 15 is 0 Å². The fourth-order valence-electron chi connectivity index (χ4n) is 1.93. The Hall–Kier alpha value is -2.06. The van der Waals surface area contributed by atoms with Gasteiger partial charge in [0.15, 0.2) is 17.3 Å². The average molecular weight is 383 g/mol. The minimum Gasteiger partial charge on any atom is -0.419 e. The normalized spacial score (nSPS) is 11.5. The molecule has 2 aromatic rings. The number of carbonyl (C=O) groups is 1. The third-order valence-electron chi connectivity index (χ3n) is 2.93. The predicted molar refractivity (Wildman–Crippen MR) is 79.5 cm³/mol. The second-order valence-corrected chi connectivity index (χ2v) is 5.28. The van der Waals surface area contributed by atoms with Crippen LogP contribution in [0.25, 0.3) is 11.3 Å². The highest BCUT2D eigenvalue weighted by Crippen LogP contribution is 2.42. The van der Waals surface area contributed by atoms with E-state index in [-0.39, 0.29) is 5.02 Å². The molecular formula is C14H8Cl2F4N2O2. The summed E-state index contributed by atoms with van der Waals surface area (Å²) in [5.74, 6) is -2.82. The molecule has 0 aliphatic rings. The van der Waals surface area contributed by atoms with E-state index in [0.717, 1.165) is 25.3 Å². The molecule has 0 aliphatic carbocycles. The highest BCUT2D eigenvalue weighted by molar-refractivity contribution is 6.34. The summed E-state index contributed by atoms with van der Waals surface area (Å²) in [7, 11) is 1.02. The molecule has 2 rings (SSSR count). The summed E-state index contributed by atoms with van der Waals surface area (Å²) in [5, 5.41) is 2.56. The third-order valence-corrected chi connectivity index (χ3v) is 3.59. The average Bonchev–Trinajstić information content (AvgIpc) is 2.77. The Bertz CT molecular complexity index is 831. The molecule has 0 atom stereocenters. The number of halogens is 6. The van der Waals surface area contributed by atoms with Gasteiger partial charge in [0.1, 0.15) is 5.69 Å². The minimum atomic E-state index is -4.78. The van der Waals surface area contributed by atoms with Crippen LogP contribution < -0.4 is 4.74 Å². The summed E-state index contributed by atoms with van der Waals surface area (Å²) < 4.78 is 58.6. The van der Waals surface area contributed by atoms with Gasteiger partial charge in [0.25, 0.3) is 0 Å². The second-order valence-electron chi connectivity index (χ2n) is 4.50. The van der Waals surface area contributed by atoms with Crippen molar-refractivity contribution in [3.05, 3.63) is 46.3 Å². The molecule has 0 N–H and O–H groups in total. The summed E-state index contributed by atoms with van der Waals surface area (Å²) in [6, 6.07) is 2.22. The van der Waals surface area contributed by atoms with Crippen LogP contribution in [0, 0.1) is 5.82 Å². The van der Waals surface area contributed by atoms with E-state index in [2.05, 4.69) is 16.4 Å². The van der Waals surface area contributed by atoms with Crippen molar-refractivity contribution in [2.24, 2.45) is 7.05 Å². The van der Waals surface area contributed by atoms with Gasteiger partial charge in [0.2, 0.25) is 0 Å². The van der Waals surface area contributed by atoms with Crippen LogP contribution in [0.1, 0.15) is 5.69 Å². The van der Waals surface area contributed by atoms with E-state index in [1.54, 1.807) is 0 Å². The van der Waals surface area contributed by atoms with Gasteiger partial charge in [-0.3, -0.25) is 4.68 Å². The fourth-order valence-corrected chi connectivity index (χ4v) is 2.48. The fraction of sp³-hybridized carbons (Fsp3) is 0.143. The van der Waals surface area contributed by atoms with Crippen molar-refractivity contribution in [2.75, 3.05) is 0 Å². The Kier molecular flexibility index (Phi) is 4.91. The Morgan fingerprint density at radius 3 is 2.50 bits per heavy atom. The summed E-state index contributed by atoms with van der Waals surface area (Å²) >= 11 is 11.5. The van der Waals surface area contributed by atoms with E-state index in [4.69, 9.17) is 23.2 Å². The number of aryl methyl sites for hydroxylation is 1. The van der Waals surface area contributed by atoms with Gasteiger partial charge in [-0.25, -0.2) is 9.18 Å². The molecule has 0 radical (unpaired) electrons. The molecule has 24 heavy (non-hydrogen) atoms. The lowest BCUT2D eigenvalue weighted by atomic mass is 10.1. The first-order chi connectivity index (χ1) is 11.1. The van der Waals surface area contributed by atoms with E-state index in [0.29, 0.717) is 4.68 Å². The summed E-state index contributed by atoms with van der Waals surface area (Å²) in [4.78, 5) is 11.2. The molecule has 0 bridgehead atoms. The summed E-state index contributed by atoms with van der Waals surface area (Å²) in [6.45, 7) is 3.15. The molecule has 128 valence electrons. The van der Waals surface area contributed by atoms with Crippen molar-refractivity contribution < 1.29 is 27.1 Å². The first-order valence-corrected chi connectivity index (χ1v) is 6.95. The monoisotopic (exact) mass is 382 g/mol. The van der Waals surface area contributed by atoms with Gasteiger partial charge in [0, 0.05) is 18.7 Å². The van der Waals surface area contributed by atoms with Crippen LogP contribution in [-0.2, 0) is 18.0 Å². The number of nitrogens with zero attached hydrogens (tertiary/aromatic N) is 2. The van der Waals surface area contributed by atoms with E-state index in [1.807, 2.05) is 0 Å². The van der Waals surface area contributed by atoms with E-state index < -0.39 is 45.7 Å². The van der Waals surface area contributed by atoms with Gasteiger partial charge in [-0.05, 0) is 12.1 Å². The van der Waals surface area contributed by atoms with Gasteiger partial charge in [-0.15, -0.1) is 0 Å². The number of rotatable bonds is 3. The van der Waals surface area contributed by atoms with Crippen molar-refractivity contribution in [3.8, 4) is 17.0 Å². The smallest absolute Gasteiger partial charge is 0.419 e. The van der Waals surface area contributed by atoms with Crippen LogP contribution in [0.15, 0.2) is 24.8 Å². The Morgan fingerprint density at radius 2 is 2.00 bits per heavy atom. The highest BCUT2D eigenvalue weighted by atomic mass is 35.5. The van der Waals surface area contributed by atoms with Crippen LogP contribution >= 0.6 is 23.2 Å². The van der Waals surface area contributed by atoms with Crippen LogP contribution in [0.2, 0.25) is 10.0 Å². The number of hydrogen-bond acceptors (Lipinski definition) is 3. The Morgan fingerprint density at radius 1 is 1.38 bits per heavy atom. The van der Waals surface area contributed by atoms with Gasteiger partial charge < -0.3 is 4.74 Å². The molecule has 4 nitrogen and oxygen atoms in total. The van der Waals surface area contributed by atoms with Crippen LogP contribution in [0.4, 0.5) is 17.6 Å². The lowest BCUT2D eigenvalue weighted by Crippen LogP contribution is -2.12. The second kappa shape index (κ2) is 6.45. The molecule has 1 aromatic carbocycles. The van der Waals surface area contributed by atoms with Gasteiger partial charge in [0.05, 0.1) is 10.0 Å². The van der Waals surface area contributed by atoms with Gasteiger partial charge in [-0.2, -0.15) is 18.3 Å². The SMILES string of the molecule is C=CC(=O)Oc1c(Cl)ccc(-c2nn(C)c(C(F)(F)F)c2Cl)c1F. The molecule has 1 heterocycles. The summed E-state index contributed by atoms with van der Waals surface area (Å²) in [6.07, 6.45) is -4.00. The number of carbonyl (C=O) groups excluding carboxylic acids is 1. The van der Waals surface area contributed by atoms with Crippen molar-refractivity contribution in [3.63, 3.8) is 0 Å². The standard InChI is InChI=1S/C14H8Cl2F4N2O2/c1-3-8(23)24-12-7(15)5-4-6(10(12)17)11-9(16)13(14(18,19)20)22(2)21-11/h3-5H,1H2,2H3. The molecular weight excluding hydrogens is 375 g/mol. The third kappa shape index (κ3) is 3.25. The number of hydrogen-bond donors (Lipinski definition) is 0. The molecule has 0 saturated heterocycles. The predicted octanol–water partition coefficient (Wildman–Crippen LogP) is 4.64. The Balaban J connectivity index is 2.65. The largest absolute Gasteiger partial charge is 0.434 e.